The van der Waals surface area contributed by atoms with Gasteiger partial charge in [0.2, 0.25) is 10.0 Å². The summed E-state index contributed by atoms with van der Waals surface area (Å²) in [5.41, 5.74) is 3.68. The second-order valence-electron chi connectivity index (χ2n) is 8.78. The van der Waals surface area contributed by atoms with Crippen LogP contribution in [-0.4, -0.2) is 34.4 Å². The highest BCUT2D eigenvalue weighted by Crippen LogP contribution is 2.20. The molecule has 0 fully saturated rings. The topological polar surface area (TPSA) is 137 Å². The lowest BCUT2D eigenvalue weighted by Gasteiger charge is -2.11. The Hall–Kier alpha value is -5.31. The van der Waals surface area contributed by atoms with Crippen LogP contribution in [0.2, 0.25) is 0 Å². The van der Waals surface area contributed by atoms with Crippen molar-refractivity contribution in [2.24, 2.45) is 0 Å². The number of rotatable bonds is 8. The molecule has 6 rings (SSSR count). The van der Waals surface area contributed by atoms with Gasteiger partial charge in [0.1, 0.15) is 16.4 Å². The van der Waals surface area contributed by atoms with Gasteiger partial charge in [0.15, 0.2) is 0 Å². The highest BCUT2D eigenvalue weighted by Gasteiger charge is 2.17. The summed E-state index contributed by atoms with van der Waals surface area (Å²) in [4.78, 5) is 12.9. The molecule has 0 saturated carbocycles. The molecule has 3 N–H and O–H groups in total. The molecule has 0 atom stereocenters. The summed E-state index contributed by atoms with van der Waals surface area (Å²) in [6, 6.07) is 29.3. The lowest BCUT2D eigenvalue weighted by atomic mass is 10.2. The molecule has 4 aromatic heterocycles. The SMILES string of the molecule is N#Cc1ccc(NCc2cccc(NCNS(=O)(=O)c3cccc4cccnc34)n2)cc1.c1ccn2ccnc2c1. The molecule has 10 nitrogen and oxygen atoms in total. The largest absolute Gasteiger partial charge is 0.379 e. The molecule has 4 heterocycles. The van der Waals surface area contributed by atoms with E-state index in [9.17, 15) is 8.42 Å². The molecule has 0 amide bonds. The maximum Gasteiger partial charge on any atom is 0.244 e. The highest BCUT2D eigenvalue weighted by atomic mass is 32.2. The number of nitrogens with one attached hydrogen (secondary N) is 3. The van der Waals surface area contributed by atoms with Crippen LogP contribution in [0, 0.1) is 11.3 Å². The first kappa shape index (κ1) is 27.3. The molecule has 11 heteroatoms. The predicted octanol–water partition coefficient (Wildman–Crippen LogP) is 4.80. The summed E-state index contributed by atoms with van der Waals surface area (Å²) in [6.45, 7) is 0.458. The second-order valence-corrected chi connectivity index (χ2v) is 10.5. The number of benzene rings is 2. The number of para-hydroxylation sites is 1. The van der Waals surface area contributed by atoms with Gasteiger partial charge in [-0.25, -0.2) is 18.4 Å². The predicted molar refractivity (Wildman–Crippen MR) is 158 cm³/mol. The van der Waals surface area contributed by atoms with Gasteiger partial charge in [0.25, 0.3) is 0 Å². The molecular weight excluding hydrogens is 536 g/mol. The molecule has 0 aliphatic carbocycles. The van der Waals surface area contributed by atoms with Crippen LogP contribution < -0.4 is 15.4 Å². The van der Waals surface area contributed by atoms with Crippen molar-refractivity contribution in [3.05, 3.63) is 127 Å². The number of pyridine rings is 3. The minimum Gasteiger partial charge on any atom is -0.379 e. The van der Waals surface area contributed by atoms with E-state index in [-0.39, 0.29) is 11.6 Å². The minimum absolute atomic E-state index is 0.0228. The monoisotopic (exact) mass is 562 g/mol. The lowest BCUT2D eigenvalue weighted by Crippen LogP contribution is -2.29. The molecule has 0 unspecified atom stereocenters. The van der Waals surface area contributed by atoms with E-state index in [1.54, 1.807) is 42.7 Å². The number of imidazole rings is 1. The summed E-state index contributed by atoms with van der Waals surface area (Å²) in [7, 11) is -3.76. The van der Waals surface area contributed by atoms with Crippen molar-refractivity contribution in [3.8, 4) is 6.07 Å². The minimum atomic E-state index is -3.76. The first-order valence-corrected chi connectivity index (χ1v) is 14.2. The Morgan fingerprint density at radius 2 is 1.63 bits per heavy atom. The lowest BCUT2D eigenvalue weighted by molar-refractivity contribution is 0.585. The molecule has 6 aromatic rings. The average Bonchev–Trinajstić information content (AvgIpc) is 3.50. The number of nitrogens with zero attached hydrogens (tertiary/aromatic N) is 5. The molecule has 0 aliphatic rings. The zero-order chi connectivity index (χ0) is 28.5. The van der Waals surface area contributed by atoms with E-state index in [2.05, 4.69) is 36.4 Å². The van der Waals surface area contributed by atoms with Gasteiger partial charge < -0.3 is 15.0 Å². The van der Waals surface area contributed by atoms with E-state index in [4.69, 9.17) is 5.26 Å². The van der Waals surface area contributed by atoms with Gasteiger partial charge in [-0.05, 0) is 60.7 Å². The van der Waals surface area contributed by atoms with Gasteiger partial charge in [0, 0.05) is 35.9 Å². The highest BCUT2D eigenvalue weighted by molar-refractivity contribution is 7.89. The molecule has 0 radical (unpaired) electrons. The summed E-state index contributed by atoms with van der Waals surface area (Å²) in [6.07, 6.45) is 7.26. The van der Waals surface area contributed by atoms with E-state index < -0.39 is 10.0 Å². The first-order valence-electron chi connectivity index (χ1n) is 12.7. The fourth-order valence-corrected chi connectivity index (χ4v) is 5.09. The number of hydrogen-bond acceptors (Lipinski definition) is 8. The van der Waals surface area contributed by atoms with Gasteiger partial charge >= 0.3 is 0 Å². The summed E-state index contributed by atoms with van der Waals surface area (Å²) in [5, 5.41) is 15.9. The quantitative estimate of drug-likeness (QED) is 0.225. The summed E-state index contributed by atoms with van der Waals surface area (Å²) in [5.74, 6) is 0.544. The van der Waals surface area contributed by atoms with Crippen LogP contribution in [0.3, 0.4) is 0 Å². The number of hydrogen-bond donors (Lipinski definition) is 3. The van der Waals surface area contributed by atoms with Crippen LogP contribution in [0.25, 0.3) is 16.6 Å². The number of sulfonamides is 1. The van der Waals surface area contributed by atoms with Crippen molar-refractivity contribution < 1.29 is 8.42 Å². The van der Waals surface area contributed by atoms with E-state index in [0.717, 1.165) is 22.4 Å². The fraction of sp³-hybridized carbons (Fsp3) is 0.0667. The van der Waals surface area contributed by atoms with Crippen molar-refractivity contribution in [1.82, 2.24) is 24.1 Å². The van der Waals surface area contributed by atoms with E-state index in [1.165, 1.54) is 6.07 Å². The number of fused-ring (bicyclic) bond motifs is 2. The van der Waals surface area contributed by atoms with Crippen molar-refractivity contribution in [2.45, 2.75) is 11.4 Å². The van der Waals surface area contributed by atoms with Crippen LogP contribution >= 0.6 is 0 Å². The molecule has 0 bridgehead atoms. The Labute approximate surface area is 237 Å². The first-order chi connectivity index (χ1) is 20.0. The Bertz CT molecular complexity index is 1880. The van der Waals surface area contributed by atoms with Crippen molar-refractivity contribution >= 4 is 38.1 Å². The molecule has 0 saturated heterocycles. The number of nitriles is 1. The zero-order valence-corrected chi connectivity index (χ0v) is 22.7. The third-order valence-corrected chi connectivity index (χ3v) is 7.45. The van der Waals surface area contributed by atoms with Crippen LogP contribution in [0.5, 0.6) is 0 Å². The van der Waals surface area contributed by atoms with Crippen molar-refractivity contribution in [1.29, 1.82) is 5.26 Å². The molecule has 204 valence electrons. The normalized spacial score (nSPS) is 10.9. The van der Waals surface area contributed by atoms with Crippen LogP contribution in [-0.2, 0) is 16.6 Å². The Morgan fingerprint density at radius 3 is 2.46 bits per heavy atom. The molecule has 41 heavy (non-hydrogen) atoms. The second kappa shape index (κ2) is 12.7. The summed E-state index contributed by atoms with van der Waals surface area (Å²) < 4.78 is 30.0. The number of anilines is 2. The smallest absolute Gasteiger partial charge is 0.244 e. The Morgan fingerprint density at radius 1 is 0.805 bits per heavy atom. The standard InChI is InChI=1S/C23H20N6O2S.C7H6N2/c24-14-17-9-11-19(12-10-17)26-15-20-6-2-8-22(29-20)27-16-28-32(30,31)21-7-1-4-18-5-3-13-25-23(18)21;1-2-5-9-6-4-8-7(9)3-1/h1-13,26,28H,15-16H2,(H,27,29);1-6H. The average molecular weight is 563 g/mol. The van der Waals surface area contributed by atoms with Gasteiger partial charge in [-0.15, -0.1) is 0 Å². The molecule has 2 aromatic carbocycles. The fourth-order valence-electron chi connectivity index (χ4n) is 3.99. The third kappa shape index (κ3) is 7.02. The van der Waals surface area contributed by atoms with Crippen LogP contribution in [0.15, 0.2) is 121 Å². The third-order valence-electron chi connectivity index (χ3n) is 6.01. The maximum atomic E-state index is 12.8. The van der Waals surface area contributed by atoms with E-state index in [1.807, 2.05) is 71.4 Å². The van der Waals surface area contributed by atoms with Crippen molar-refractivity contribution in [2.75, 3.05) is 17.3 Å². The number of aromatic nitrogens is 4. The van der Waals surface area contributed by atoms with Gasteiger partial charge in [-0.2, -0.15) is 9.98 Å². The Balaban J connectivity index is 0.000000315. The Kier molecular flexibility index (Phi) is 8.44. The van der Waals surface area contributed by atoms with Crippen LogP contribution in [0.1, 0.15) is 11.3 Å². The van der Waals surface area contributed by atoms with Gasteiger partial charge in [-0.3, -0.25) is 4.98 Å². The zero-order valence-electron chi connectivity index (χ0n) is 21.8. The molecule has 0 spiro atoms. The van der Waals surface area contributed by atoms with Crippen LogP contribution in [0.4, 0.5) is 11.5 Å². The molecular formula is C30H26N8O2S. The van der Waals surface area contributed by atoms with Crippen molar-refractivity contribution in [3.63, 3.8) is 0 Å². The molecule has 0 aliphatic heterocycles. The van der Waals surface area contributed by atoms with E-state index in [0.29, 0.717) is 23.4 Å². The van der Waals surface area contributed by atoms with E-state index >= 15 is 0 Å². The maximum absolute atomic E-state index is 12.8. The summed E-state index contributed by atoms with van der Waals surface area (Å²) >= 11 is 0. The van der Waals surface area contributed by atoms with Gasteiger partial charge in [0.05, 0.1) is 36.1 Å². The van der Waals surface area contributed by atoms with Gasteiger partial charge in [-0.1, -0.05) is 30.3 Å².